The fourth-order valence-electron chi connectivity index (χ4n) is 3.50. The molecule has 0 atom stereocenters. The average Bonchev–Trinajstić information content (AvgIpc) is 3.43. The first-order valence-corrected chi connectivity index (χ1v) is 10.3. The minimum absolute atomic E-state index is 0.0472. The predicted octanol–water partition coefficient (Wildman–Crippen LogP) is 3.97. The molecule has 1 aliphatic carbocycles. The molecule has 2 fully saturated rings. The number of likely N-dealkylation sites (tertiary alicyclic amines) is 1. The number of carbonyl (C=O) groups is 1. The van der Waals surface area contributed by atoms with E-state index >= 15 is 0 Å². The maximum Gasteiger partial charge on any atom is 0.321 e. The Morgan fingerprint density at radius 3 is 2.86 bits per heavy atom. The Morgan fingerprint density at radius 1 is 1.29 bits per heavy atom. The summed E-state index contributed by atoms with van der Waals surface area (Å²) in [4.78, 5) is 18.9. The fraction of sp³-hybridized carbons (Fsp3) is 0.571. The molecule has 0 unspecified atom stereocenters. The van der Waals surface area contributed by atoms with Crippen LogP contribution in [0.2, 0.25) is 0 Å². The van der Waals surface area contributed by atoms with Crippen molar-refractivity contribution < 1.29 is 14.1 Å². The molecule has 1 aromatic carbocycles. The lowest BCUT2D eigenvalue weighted by Crippen LogP contribution is -2.40. The molecule has 1 aromatic heterocycles. The number of nitrogens with zero attached hydrogens (tertiary/aromatic N) is 3. The van der Waals surface area contributed by atoms with Gasteiger partial charge in [-0.1, -0.05) is 24.2 Å². The van der Waals surface area contributed by atoms with Crippen molar-refractivity contribution in [3.05, 3.63) is 41.5 Å². The molecule has 7 nitrogen and oxygen atoms in total. The first kappa shape index (κ1) is 18.9. The van der Waals surface area contributed by atoms with E-state index in [1.165, 1.54) is 18.4 Å². The number of carbonyl (C=O) groups excluding carboxylic acids is 1. The third-order valence-corrected chi connectivity index (χ3v) is 5.49. The average molecular weight is 384 g/mol. The molecule has 2 amide bonds. The van der Waals surface area contributed by atoms with Crippen molar-refractivity contribution in [2.24, 2.45) is 5.92 Å². The van der Waals surface area contributed by atoms with Gasteiger partial charge in [-0.25, -0.2) is 4.79 Å². The number of amides is 2. The molecule has 0 bridgehead atoms. The third-order valence-electron chi connectivity index (χ3n) is 5.49. The van der Waals surface area contributed by atoms with E-state index in [1.807, 2.05) is 23.1 Å². The lowest BCUT2D eigenvalue weighted by Gasteiger charge is -2.30. The van der Waals surface area contributed by atoms with Crippen LogP contribution in [0.25, 0.3) is 0 Å². The van der Waals surface area contributed by atoms with Gasteiger partial charge in [-0.2, -0.15) is 4.98 Å². The van der Waals surface area contributed by atoms with E-state index in [-0.39, 0.29) is 11.9 Å². The van der Waals surface area contributed by atoms with Gasteiger partial charge in [0.25, 0.3) is 5.89 Å². The van der Waals surface area contributed by atoms with Crippen molar-refractivity contribution in [3.8, 4) is 0 Å². The Balaban J connectivity index is 1.24. The topological polar surface area (TPSA) is 80.5 Å². The van der Waals surface area contributed by atoms with Gasteiger partial charge in [0.1, 0.15) is 6.61 Å². The Bertz CT molecular complexity index is 794. The zero-order valence-electron chi connectivity index (χ0n) is 16.4. The number of aromatic nitrogens is 2. The van der Waals surface area contributed by atoms with Crippen molar-refractivity contribution in [2.75, 3.05) is 25.0 Å². The summed E-state index contributed by atoms with van der Waals surface area (Å²) in [5, 5.41) is 7.13. The molecule has 1 saturated heterocycles. The number of rotatable bonds is 7. The largest absolute Gasteiger partial charge is 0.371 e. The minimum atomic E-state index is -0.0472. The van der Waals surface area contributed by atoms with Crippen LogP contribution in [0.5, 0.6) is 0 Å². The minimum Gasteiger partial charge on any atom is -0.371 e. The van der Waals surface area contributed by atoms with E-state index in [1.54, 1.807) is 0 Å². The standard InChI is InChI=1S/C21H28N4O3/c1-2-15-4-3-5-18(12-15)22-21(26)25-10-8-17(9-11-25)20-23-19(28-24-20)14-27-13-16-6-7-16/h3-5,12,16-17H,2,6-11,13-14H2,1H3,(H,22,26). The molecule has 2 aliphatic rings. The maximum atomic E-state index is 12.5. The molecule has 1 saturated carbocycles. The molecular weight excluding hydrogens is 356 g/mol. The first-order chi connectivity index (χ1) is 13.7. The van der Waals surface area contributed by atoms with Crippen molar-refractivity contribution in [1.82, 2.24) is 15.0 Å². The van der Waals surface area contributed by atoms with Gasteiger partial charge in [-0.3, -0.25) is 0 Å². The smallest absolute Gasteiger partial charge is 0.321 e. The Labute approximate surface area is 165 Å². The third kappa shape index (κ3) is 4.90. The van der Waals surface area contributed by atoms with Crippen molar-refractivity contribution in [3.63, 3.8) is 0 Å². The second-order valence-electron chi connectivity index (χ2n) is 7.75. The summed E-state index contributed by atoms with van der Waals surface area (Å²) in [6.45, 7) is 4.65. The van der Waals surface area contributed by atoms with Crippen molar-refractivity contribution in [1.29, 1.82) is 0 Å². The zero-order chi connectivity index (χ0) is 19.3. The summed E-state index contributed by atoms with van der Waals surface area (Å²) in [7, 11) is 0. The predicted molar refractivity (Wildman–Crippen MR) is 105 cm³/mol. The Morgan fingerprint density at radius 2 is 2.11 bits per heavy atom. The summed E-state index contributed by atoms with van der Waals surface area (Å²) in [6, 6.07) is 7.95. The normalized spacial score (nSPS) is 17.7. The van der Waals surface area contributed by atoms with Crippen LogP contribution in [0.1, 0.15) is 55.8 Å². The molecule has 28 heavy (non-hydrogen) atoms. The quantitative estimate of drug-likeness (QED) is 0.781. The van der Waals surface area contributed by atoms with E-state index < -0.39 is 0 Å². The van der Waals surface area contributed by atoms with E-state index in [2.05, 4.69) is 28.4 Å². The van der Waals surface area contributed by atoms with Gasteiger partial charge in [0.2, 0.25) is 0 Å². The lowest BCUT2D eigenvalue weighted by molar-refractivity contribution is 0.0894. The second-order valence-corrected chi connectivity index (χ2v) is 7.75. The number of hydrogen-bond donors (Lipinski definition) is 1. The highest BCUT2D eigenvalue weighted by atomic mass is 16.5. The molecule has 7 heteroatoms. The van der Waals surface area contributed by atoms with Crippen LogP contribution in [0.15, 0.2) is 28.8 Å². The first-order valence-electron chi connectivity index (χ1n) is 10.3. The molecule has 2 aromatic rings. The molecule has 0 spiro atoms. The van der Waals surface area contributed by atoms with E-state index in [4.69, 9.17) is 9.26 Å². The van der Waals surface area contributed by atoms with Gasteiger partial charge in [-0.05, 0) is 55.7 Å². The monoisotopic (exact) mass is 384 g/mol. The molecule has 1 aliphatic heterocycles. The van der Waals surface area contributed by atoms with Crippen LogP contribution < -0.4 is 5.32 Å². The number of anilines is 1. The molecule has 4 rings (SSSR count). The number of benzene rings is 1. The van der Waals surface area contributed by atoms with Gasteiger partial charge in [0, 0.05) is 24.7 Å². The van der Waals surface area contributed by atoms with Gasteiger partial charge in [-0.15, -0.1) is 0 Å². The van der Waals surface area contributed by atoms with Gasteiger partial charge in [0.15, 0.2) is 5.82 Å². The van der Waals surface area contributed by atoms with Crippen LogP contribution in [-0.2, 0) is 17.8 Å². The SMILES string of the molecule is CCc1cccc(NC(=O)N2CCC(c3noc(COCC4CC4)n3)CC2)c1. The number of urea groups is 1. The van der Waals surface area contributed by atoms with E-state index in [9.17, 15) is 4.79 Å². The maximum absolute atomic E-state index is 12.5. The number of nitrogens with one attached hydrogen (secondary N) is 1. The highest BCUT2D eigenvalue weighted by molar-refractivity contribution is 5.89. The molecule has 0 radical (unpaired) electrons. The number of aryl methyl sites for hydroxylation is 1. The molecule has 150 valence electrons. The van der Waals surface area contributed by atoms with Crippen LogP contribution >= 0.6 is 0 Å². The second kappa shape index (κ2) is 8.73. The highest BCUT2D eigenvalue weighted by Crippen LogP contribution is 2.29. The van der Waals surface area contributed by atoms with E-state index in [0.29, 0.717) is 25.6 Å². The Hall–Kier alpha value is -2.41. The summed E-state index contributed by atoms with van der Waals surface area (Å²) in [5.41, 5.74) is 2.06. The van der Waals surface area contributed by atoms with Crippen LogP contribution in [0, 0.1) is 5.92 Å². The van der Waals surface area contributed by atoms with Crippen molar-refractivity contribution >= 4 is 11.7 Å². The van der Waals surface area contributed by atoms with Gasteiger partial charge in [0.05, 0.1) is 6.61 Å². The Kier molecular flexibility index (Phi) is 5.90. The van der Waals surface area contributed by atoms with Gasteiger partial charge < -0.3 is 19.5 Å². The number of ether oxygens (including phenoxy) is 1. The molecule has 2 heterocycles. The number of hydrogen-bond acceptors (Lipinski definition) is 5. The summed E-state index contributed by atoms with van der Waals surface area (Å²) < 4.78 is 10.9. The van der Waals surface area contributed by atoms with Gasteiger partial charge >= 0.3 is 6.03 Å². The van der Waals surface area contributed by atoms with Crippen LogP contribution in [0.4, 0.5) is 10.5 Å². The summed E-state index contributed by atoms with van der Waals surface area (Å²) in [6.07, 6.45) is 5.17. The highest BCUT2D eigenvalue weighted by Gasteiger charge is 2.27. The number of piperidine rings is 1. The van der Waals surface area contributed by atoms with Crippen LogP contribution in [-0.4, -0.2) is 40.8 Å². The zero-order valence-corrected chi connectivity index (χ0v) is 16.4. The lowest BCUT2D eigenvalue weighted by atomic mass is 9.96. The summed E-state index contributed by atoms with van der Waals surface area (Å²) in [5.74, 6) is 2.24. The fourth-order valence-corrected chi connectivity index (χ4v) is 3.50. The van der Waals surface area contributed by atoms with Crippen molar-refractivity contribution in [2.45, 2.75) is 51.6 Å². The van der Waals surface area contributed by atoms with E-state index in [0.717, 1.165) is 43.3 Å². The van der Waals surface area contributed by atoms with Crippen LogP contribution in [0.3, 0.4) is 0 Å². The molecular formula is C21H28N4O3. The summed E-state index contributed by atoms with van der Waals surface area (Å²) >= 11 is 0. The molecule has 1 N–H and O–H groups in total.